The van der Waals surface area contributed by atoms with Gasteiger partial charge in [-0.05, 0) is 57.0 Å². The lowest BCUT2D eigenvalue weighted by Gasteiger charge is -2.12. The average molecular weight is 433 g/mol. The number of rotatable bonds is 6. The van der Waals surface area contributed by atoms with E-state index < -0.39 is 15.8 Å². The van der Waals surface area contributed by atoms with Crippen molar-refractivity contribution in [1.29, 1.82) is 0 Å². The number of esters is 1. The molecule has 29 heavy (non-hydrogen) atoms. The Morgan fingerprint density at radius 3 is 2.62 bits per heavy atom. The number of hydrogen-bond donors (Lipinski definition) is 0. The molecule has 2 heterocycles. The molecular formula is C21H24N2O4S2. The highest BCUT2D eigenvalue weighted by Crippen LogP contribution is 2.34. The summed E-state index contributed by atoms with van der Waals surface area (Å²) in [6.07, 6.45) is 3.11. The van der Waals surface area contributed by atoms with Gasteiger partial charge in [0, 0.05) is 17.3 Å². The Bertz CT molecular complexity index is 1160. The number of imidazole rings is 1. The number of aromatic nitrogens is 2. The predicted molar refractivity (Wildman–Crippen MR) is 115 cm³/mol. The fourth-order valence-corrected chi connectivity index (χ4v) is 5.12. The quantitative estimate of drug-likeness (QED) is 0.543. The average Bonchev–Trinajstić information content (AvgIpc) is 3.27. The summed E-state index contributed by atoms with van der Waals surface area (Å²) in [5.41, 5.74) is 2.37. The molecule has 2 aromatic heterocycles. The van der Waals surface area contributed by atoms with Gasteiger partial charge in [-0.3, -0.25) is 9.36 Å². The van der Waals surface area contributed by atoms with E-state index in [0.29, 0.717) is 17.3 Å². The van der Waals surface area contributed by atoms with Crippen molar-refractivity contribution in [2.75, 3.05) is 12.9 Å². The summed E-state index contributed by atoms with van der Waals surface area (Å²) in [5, 5.41) is 0.897. The molecule has 0 saturated carbocycles. The van der Waals surface area contributed by atoms with Gasteiger partial charge in [-0.1, -0.05) is 12.1 Å². The van der Waals surface area contributed by atoms with Crippen LogP contribution in [0.15, 0.2) is 41.4 Å². The smallest absolute Gasteiger partial charge is 0.316 e. The number of thiophene rings is 1. The molecule has 0 radical (unpaired) electrons. The van der Waals surface area contributed by atoms with Crippen LogP contribution < -0.4 is 0 Å². The molecule has 0 saturated heterocycles. The largest absolute Gasteiger partial charge is 0.465 e. The molecule has 0 aliphatic carbocycles. The zero-order valence-electron chi connectivity index (χ0n) is 17.1. The molecule has 8 heteroatoms. The van der Waals surface area contributed by atoms with Gasteiger partial charge in [0.2, 0.25) is 0 Å². The van der Waals surface area contributed by atoms with E-state index in [4.69, 9.17) is 4.74 Å². The van der Waals surface area contributed by atoms with Crippen molar-refractivity contribution in [3.8, 4) is 15.4 Å². The van der Waals surface area contributed by atoms with Crippen LogP contribution in [-0.4, -0.2) is 36.8 Å². The molecular weight excluding hydrogens is 408 g/mol. The Morgan fingerprint density at radius 1 is 1.24 bits per heavy atom. The van der Waals surface area contributed by atoms with Crippen molar-refractivity contribution in [2.45, 2.75) is 38.5 Å². The van der Waals surface area contributed by atoms with Crippen molar-refractivity contribution in [3.63, 3.8) is 0 Å². The second-order valence-electron chi connectivity index (χ2n) is 6.97. The van der Waals surface area contributed by atoms with Crippen LogP contribution in [0, 0.1) is 13.8 Å². The fourth-order valence-electron chi connectivity index (χ4n) is 3.14. The van der Waals surface area contributed by atoms with Crippen LogP contribution in [0.4, 0.5) is 0 Å². The maximum absolute atomic E-state index is 12.2. The van der Waals surface area contributed by atoms with E-state index in [1.807, 2.05) is 42.0 Å². The Morgan fingerprint density at radius 2 is 1.97 bits per heavy atom. The van der Waals surface area contributed by atoms with Crippen molar-refractivity contribution in [2.24, 2.45) is 0 Å². The number of benzene rings is 1. The molecule has 0 spiro atoms. The van der Waals surface area contributed by atoms with Crippen LogP contribution >= 0.6 is 11.3 Å². The summed E-state index contributed by atoms with van der Waals surface area (Å²) in [4.78, 5) is 18.0. The van der Waals surface area contributed by atoms with E-state index in [1.54, 1.807) is 26.8 Å². The predicted octanol–water partition coefficient (Wildman–Crippen LogP) is 4.29. The minimum Gasteiger partial charge on any atom is -0.465 e. The van der Waals surface area contributed by atoms with Crippen molar-refractivity contribution < 1.29 is 17.9 Å². The molecule has 0 fully saturated rings. The van der Waals surface area contributed by atoms with Crippen LogP contribution in [0.5, 0.6) is 0 Å². The molecule has 0 amide bonds. The Hall–Kier alpha value is -2.45. The van der Waals surface area contributed by atoms with Crippen LogP contribution in [0.2, 0.25) is 0 Å². The Kier molecular flexibility index (Phi) is 5.95. The van der Waals surface area contributed by atoms with Gasteiger partial charge < -0.3 is 4.74 Å². The molecule has 0 aliphatic rings. The lowest BCUT2D eigenvalue weighted by atomic mass is 10.1. The molecule has 0 aliphatic heterocycles. The van der Waals surface area contributed by atoms with Gasteiger partial charge in [-0.15, -0.1) is 11.3 Å². The van der Waals surface area contributed by atoms with Crippen LogP contribution in [0.1, 0.15) is 36.8 Å². The van der Waals surface area contributed by atoms with E-state index in [1.165, 1.54) is 17.6 Å². The SMILES string of the molecule is CCOC(=O)C(C)c1nc(C)cn1-c1ccc(-c2ccc(C)c(S(C)(=O)=O)c2)s1. The van der Waals surface area contributed by atoms with Crippen molar-refractivity contribution in [1.82, 2.24) is 9.55 Å². The highest BCUT2D eigenvalue weighted by molar-refractivity contribution is 7.90. The molecule has 0 N–H and O–H groups in total. The highest BCUT2D eigenvalue weighted by atomic mass is 32.2. The molecule has 0 bridgehead atoms. The summed E-state index contributed by atoms with van der Waals surface area (Å²) < 4.78 is 31.1. The van der Waals surface area contributed by atoms with Crippen molar-refractivity contribution in [3.05, 3.63) is 53.6 Å². The van der Waals surface area contributed by atoms with Gasteiger partial charge in [-0.2, -0.15) is 0 Å². The molecule has 1 aromatic carbocycles. The number of ether oxygens (including phenoxy) is 1. The van der Waals surface area contributed by atoms with Crippen molar-refractivity contribution >= 4 is 27.1 Å². The summed E-state index contributed by atoms with van der Waals surface area (Å²) in [7, 11) is -3.30. The van der Waals surface area contributed by atoms with Gasteiger partial charge in [0.05, 0.1) is 17.2 Å². The number of carbonyl (C=O) groups is 1. The van der Waals surface area contributed by atoms with E-state index in [-0.39, 0.29) is 5.97 Å². The number of aryl methyl sites for hydroxylation is 2. The second kappa shape index (κ2) is 8.12. The van der Waals surface area contributed by atoms with Crippen LogP contribution in [0.25, 0.3) is 15.4 Å². The van der Waals surface area contributed by atoms with E-state index in [2.05, 4.69) is 4.98 Å². The first-order chi connectivity index (χ1) is 13.6. The third kappa shape index (κ3) is 4.43. The lowest BCUT2D eigenvalue weighted by Crippen LogP contribution is -2.16. The van der Waals surface area contributed by atoms with Crippen LogP contribution in [0.3, 0.4) is 0 Å². The number of hydrogen-bond acceptors (Lipinski definition) is 6. The normalized spacial score (nSPS) is 12.7. The summed E-state index contributed by atoms with van der Waals surface area (Å²) in [6, 6.07) is 9.34. The number of nitrogens with zero attached hydrogens (tertiary/aromatic N) is 2. The minimum absolute atomic E-state index is 0.313. The molecule has 154 valence electrons. The van der Waals surface area contributed by atoms with Crippen LogP contribution in [-0.2, 0) is 19.4 Å². The maximum atomic E-state index is 12.2. The number of carbonyl (C=O) groups excluding carboxylic acids is 1. The standard InChI is InChI=1S/C21H24N2O4S2/c1-6-27-21(24)15(4)20-22-14(3)12-23(20)19-10-9-17(28-19)16-8-7-13(2)18(11-16)29(5,25)26/h7-12,15H,6H2,1-5H3. The topological polar surface area (TPSA) is 78.3 Å². The maximum Gasteiger partial charge on any atom is 0.316 e. The highest BCUT2D eigenvalue weighted by Gasteiger charge is 2.23. The molecule has 1 atom stereocenters. The summed E-state index contributed by atoms with van der Waals surface area (Å²) in [6.45, 7) is 7.55. The molecule has 3 rings (SSSR count). The van der Waals surface area contributed by atoms with E-state index >= 15 is 0 Å². The van der Waals surface area contributed by atoms with Gasteiger partial charge in [0.25, 0.3) is 0 Å². The van der Waals surface area contributed by atoms with E-state index in [9.17, 15) is 13.2 Å². The minimum atomic E-state index is -3.30. The van der Waals surface area contributed by atoms with Gasteiger partial charge in [0.1, 0.15) is 16.7 Å². The third-order valence-electron chi connectivity index (χ3n) is 4.58. The van der Waals surface area contributed by atoms with Gasteiger partial charge in [-0.25, -0.2) is 13.4 Å². The first-order valence-electron chi connectivity index (χ1n) is 9.25. The Balaban J connectivity index is 2.01. The fraction of sp³-hybridized carbons (Fsp3) is 0.333. The summed E-state index contributed by atoms with van der Waals surface area (Å²) in [5.74, 6) is -0.187. The molecule has 6 nitrogen and oxygen atoms in total. The second-order valence-corrected chi connectivity index (χ2v) is 10.0. The van der Waals surface area contributed by atoms with Gasteiger partial charge in [0.15, 0.2) is 9.84 Å². The zero-order chi connectivity index (χ0) is 21.3. The molecule has 3 aromatic rings. The Labute approximate surface area is 175 Å². The van der Waals surface area contributed by atoms with Gasteiger partial charge >= 0.3 is 5.97 Å². The first kappa shape index (κ1) is 21.3. The zero-order valence-corrected chi connectivity index (χ0v) is 18.7. The first-order valence-corrected chi connectivity index (χ1v) is 12.0. The lowest BCUT2D eigenvalue weighted by molar-refractivity contribution is -0.144. The third-order valence-corrected chi connectivity index (χ3v) is 6.95. The number of sulfone groups is 1. The molecule has 1 unspecified atom stereocenters. The van der Waals surface area contributed by atoms with E-state index in [0.717, 1.165) is 26.7 Å². The summed E-state index contributed by atoms with van der Waals surface area (Å²) >= 11 is 1.51. The monoisotopic (exact) mass is 432 g/mol.